The lowest BCUT2D eigenvalue weighted by Crippen LogP contribution is -2.37. The Labute approximate surface area is 118 Å². The number of halogens is 1. The van der Waals surface area contributed by atoms with Gasteiger partial charge >= 0.3 is 0 Å². The smallest absolute Gasteiger partial charge is 0.213 e. The molecule has 2 heterocycles. The SMILES string of the molecule is COc1cccc(CNC2=NCC(C)N2)n1.I. The molecular formula is C11H17IN4O. The number of nitrogens with zero attached hydrogens (tertiary/aromatic N) is 2. The first kappa shape index (κ1) is 14.0. The molecule has 0 aliphatic carbocycles. The molecule has 17 heavy (non-hydrogen) atoms. The number of nitrogens with one attached hydrogen (secondary N) is 2. The number of hydrogen-bond donors (Lipinski definition) is 2. The number of methoxy groups -OCH3 is 1. The van der Waals surface area contributed by atoms with Gasteiger partial charge in [0, 0.05) is 12.1 Å². The summed E-state index contributed by atoms with van der Waals surface area (Å²) in [7, 11) is 1.61. The van der Waals surface area contributed by atoms with E-state index in [1.807, 2.05) is 18.2 Å². The van der Waals surface area contributed by atoms with Crippen LogP contribution in [0.15, 0.2) is 23.2 Å². The van der Waals surface area contributed by atoms with E-state index < -0.39 is 0 Å². The Morgan fingerprint density at radius 3 is 3.00 bits per heavy atom. The van der Waals surface area contributed by atoms with E-state index >= 15 is 0 Å². The van der Waals surface area contributed by atoms with Gasteiger partial charge in [0.15, 0.2) is 5.96 Å². The minimum Gasteiger partial charge on any atom is -0.481 e. The first-order valence-corrected chi connectivity index (χ1v) is 5.32. The minimum atomic E-state index is 0. The normalized spacial score (nSPS) is 17.8. The quantitative estimate of drug-likeness (QED) is 0.805. The molecule has 1 aromatic rings. The maximum atomic E-state index is 5.06. The van der Waals surface area contributed by atoms with E-state index in [-0.39, 0.29) is 24.0 Å². The molecule has 0 spiro atoms. The highest BCUT2D eigenvalue weighted by Gasteiger charge is 2.11. The molecule has 1 aliphatic heterocycles. The number of pyridine rings is 1. The Balaban J connectivity index is 0.00000144. The highest BCUT2D eigenvalue weighted by Crippen LogP contribution is 2.06. The number of guanidine groups is 1. The summed E-state index contributed by atoms with van der Waals surface area (Å²) in [6.07, 6.45) is 0. The van der Waals surface area contributed by atoms with Gasteiger partial charge in [-0.1, -0.05) is 6.07 Å². The van der Waals surface area contributed by atoms with Crippen LogP contribution in [0.1, 0.15) is 12.6 Å². The van der Waals surface area contributed by atoms with Gasteiger partial charge < -0.3 is 15.4 Å². The third-order valence-electron chi connectivity index (χ3n) is 2.33. The first-order chi connectivity index (χ1) is 7.78. The Morgan fingerprint density at radius 1 is 1.53 bits per heavy atom. The van der Waals surface area contributed by atoms with Crippen molar-refractivity contribution in [1.29, 1.82) is 0 Å². The van der Waals surface area contributed by atoms with E-state index in [9.17, 15) is 0 Å². The van der Waals surface area contributed by atoms with Crippen molar-refractivity contribution in [2.45, 2.75) is 19.5 Å². The van der Waals surface area contributed by atoms with E-state index in [2.05, 4.69) is 27.5 Å². The van der Waals surface area contributed by atoms with Crippen LogP contribution in [0.5, 0.6) is 5.88 Å². The second kappa shape index (κ2) is 6.63. The zero-order chi connectivity index (χ0) is 11.4. The number of hydrogen-bond acceptors (Lipinski definition) is 5. The maximum Gasteiger partial charge on any atom is 0.213 e. The van der Waals surface area contributed by atoms with Crippen molar-refractivity contribution in [3.63, 3.8) is 0 Å². The predicted molar refractivity (Wildman–Crippen MR) is 77.9 cm³/mol. The van der Waals surface area contributed by atoms with Crippen molar-refractivity contribution in [1.82, 2.24) is 15.6 Å². The van der Waals surface area contributed by atoms with Crippen molar-refractivity contribution in [3.05, 3.63) is 23.9 Å². The van der Waals surface area contributed by atoms with Gasteiger partial charge in [-0.2, -0.15) is 0 Å². The van der Waals surface area contributed by atoms with E-state index in [1.54, 1.807) is 7.11 Å². The van der Waals surface area contributed by atoms with Gasteiger partial charge in [-0.3, -0.25) is 4.99 Å². The lowest BCUT2D eigenvalue weighted by molar-refractivity contribution is 0.396. The average Bonchev–Trinajstić information content (AvgIpc) is 2.73. The largest absolute Gasteiger partial charge is 0.481 e. The van der Waals surface area contributed by atoms with Crippen molar-refractivity contribution in [2.24, 2.45) is 4.99 Å². The second-order valence-corrected chi connectivity index (χ2v) is 3.76. The maximum absolute atomic E-state index is 5.06. The summed E-state index contributed by atoms with van der Waals surface area (Å²) in [5.41, 5.74) is 0.934. The summed E-state index contributed by atoms with van der Waals surface area (Å²) >= 11 is 0. The summed E-state index contributed by atoms with van der Waals surface area (Å²) in [5.74, 6) is 1.48. The molecule has 0 radical (unpaired) electrons. The Morgan fingerprint density at radius 2 is 2.35 bits per heavy atom. The average molecular weight is 348 g/mol. The molecule has 2 rings (SSSR count). The fourth-order valence-electron chi connectivity index (χ4n) is 1.50. The zero-order valence-electron chi connectivity index (χ0n) is 9.93. The van der Waals surface area contributed by atoms with Gasteiger partial charge in [0.05, 0.1) is 25.9 Å². The lowest BCUT2D eigenvalue weighted by Gasteiger charge is -2.08. The summed E-state index contributed by atoms with van der Waals surface area (Å²) in [6.45, 7) is 3.58. The van der Waals surface area contributed by atoms with Crippen LogP contribution in [-0.2, 0) is 6.54 Å². The highest BCUT2D eigenvalue weighted by atomic mass is 127. The Bertz CT molecular complexity index is 397. The van der Waals surface area contributed by atoms with E-state index in [0.717, 1.165) is 18.2 Å². The molecular weight excluding hydrogens is 331 g/mol. The molecule has 6 heteroatoms. The Hall–Kier alpha value is -1.05. The molecule has 0 saturated carbocycles. The van der Waals surface area contributed by atoms with Gasteiger partial charge in [0.25, 0.3) is 0 Å². The van der Waals surface area contributed by atoms with Gasteiger partial charge in [-0.25, -0.2) is 4.98 Å². The van der Waals surface area contributed by atoms with Crippen LogP contribution in [0.4, 0.5) is 0 Å². The van der Waals surface area contributed by atoms with Gasteiger partial charge in [0.2, 0.25) is 5.88 Å². The minimum absolute atomic E-state index is 0. The zero-order valence-corrected chi connectivity index (χ0v) is 12.3. The van der Waals surface area contributed by atoms with E-state index in [0.29, 0.717) is 18.5 Å². The van der Waals surface area contributed by atoms with Crippen LogP contribution in [0.3, 0.4) is 0 Å². The second-order valence-electron chi connectivity index (χ2n) is 3.76. The fourth-order valence-corrected chi connectivity index (χ4v) is 1.50. The van der Waals surface area contributed by atoms with Crippen LogP contribution in [0.2, 0.25) is 0 Å². The van der Waals surface area contributed by atoms with Gasteiger partial charge in [-0.05, 0) is 13.0 Å². The van der Waals surface area contributed by atoms with Gasteiger partial charge in [-0.15, -0.1) is 24.0 Å². The molecule has 1 unspecified atom stereocenters. The molecule has 0 amide bonds. The van der Waals surface area contributed by atoms with Crippen molar-refractivity contribution in [2.75, 3.05) is 13.7 Å². The molecule has 2 N–H and O–H groups in total. The molecule has 5 nitrogen and oxygen atoms in total. The van der Waals surface area contributed by atoms with Crippen LogP contribution in [-0.4, -0.2) is 30.6 Å². The van der Waals surface area contributed by atoms with Crippen LogP contribution >= 0.6 is 24.0 Å². The van der Waals surface area contributed by atoms with Crippen molar-refractivity contribution in [3.8, 4) is 5.88 Å². The first-order valence-electron chi connectivity index (χ1n) is 5.32. The standard InChI is InChI=1S/C11H16N4O.HI/c1-8-6-12-11(14-8)13-7-9-4-3-5-10(15-9)16-2;/h3-5,8H,6-7H2,1-2H3,(H2,12,13,14);1H. The third-order valence-corrected chi connectivity index (χ3v) is 2.33. The van der Waals surface area contributed by atoms with Crippen molar-refractivity contribution >= 4 is 29.9 Å². The topological polar surface area (TPSA) is 58.5 Å². The van der Waals surface area contributed by atoms with Crippen LogP contribution in [0, 0.1) is 0 Å². The molecule has 0 bridgehead atoms. The summed E-state index contributed by atoms with van der Waals surface area (Å²) < 4.78 is 5.06. The number of aliphatic imine (C=N–C) groups is 1. The molecule has 0 saturated heterocycles. The predicted octanol–water partition coefficient (Wildman–Crippen LogP) is 1.15. The van der Waals surface area contributed by atoms with Crippen molar-refractivity contribution < 1.29 is 4.74 Å². The fraction of sp³-hybridized carbons (Fsp3) is 0.455. The summed E-state index contributed by atoms with van der Waals surface area (Å²) in [4.78, 5) is 8.61. The number of aromatic nitrogens is 1. The third kappa shape index (κ3) is 4.03. The van der Waals surface area contributed by atoms with E-state index in [4.69, 9.17) is 4.74 Å². The lowest BCUT2D eigenvalue weighted by atomic mass is 10.3. The molecule has 1 aliphatic rings. The highest BCUT2D eigenvalue weighted by molar-refractivity contribution is 14.0. The molecule has 94 valence electrons. The molecule has 1 atom stereocenters. The molecule has 0 fully saturated rings. The molecule has 1 aromatic heterocycles. The van der Waals surface area contributed by atoms with Crippen LogP contribution in [0.25, 0.3) is 0 Å². The Kier molecular flexibility index (Phi) is 5.46. The van der Waals surface area contributed by atoms with Gasteiger partial charge in [0.1, 0.15) is 0 Å². The number of rotatable bonds is 3. The molecule has 0 aromatic carbocycles. The van der Waals surface area contributed by atoms with Crippen LogP contribution < -0.4 is 15.4 Å². The number of ether oxygens (including phenoxy) is 1. The van der Waals surface area contributed by atoms with E-state index in [1.165, 1.54) is 0 Å². The monoisotopic (exact) mass is 348 g/mol. The summed E-state index contributed by atoms with van der Waals surface area (Å²) in [6, 6.07) is 6.13. The summed E-state index contributed by atoms with van der Waals surface area (Å²) in [5, 5.41) is 6.43.